The Hall–Kier alpha value is -0.540. The first-order valence-corrected chi connectivity index (χ1v) is 6.60. The third-order valence-corrected chi connectivity index (χ3v) is 3.99. The molecule has 3 rings (SSSR count). The Kier molecular flexibility index (Phi) is 2.68. The molecule has 1 atom stereocenters. The summed E-state index contributed by atoms with van der Waals surface area (Å²) in [6.07, 6.45) is 6.17. The Labute approximate surface area is 101 Å². The molecule has 1 unspecified atom stereocenters. The topological polar surface area (TPSA) is 29.9 Å². The molecule has 0 amide bonds. The summed E-state index contributed by atoms with van der Waals surface area (Å²) in [5.74, 6) is 1.93. The van der Waals surface area contributed by atoms with E-state index in [1.807, 2.05) is 7.05 Å². The minimum Gasteiger partial charge on any atom is -0.326 e. The van der Waals surface area contributed by atoms with E-state index < -0.39 is 0 Å². The van der Waals surface area contributed by atoms with Gasteiger partial charge in [0, 0.05) is 18.5 Å². The minimum absolute atomic E-state index is 0.560. The first-order chi connectivity index (χ1) is 7.81. The number of rotatable bonds is 3. The van der Waals surface area contributed by atoms with Gasteiger partial charge in [-0.15, -0.1) is 0 Å². The van der Waals surface area contributed by atoms with Gasteiger partial charge >= 0.3 is 0 Å². The van der Waals surface area contributed by atoms with E-state index in [9.17, 15) is 0 Å². The smallest absolute Gasteiger partial charge is 0.150 e. The summed E-state index contributed by atoms with van der Waals surface area (Å²) in [4.78, 5) is 4.59. The number of nitrogens with one attached hydrogen (secondary N) is 1. The molecule has 0 bridgehead atoms. The van der Waals surface area contributed by atoms with Crippen LogP contribution in [-0.2, 0) is 6.42 Å². The fraction of sp³-hybridized carbons (Fsp3) is 0.750. The fourth-order valence-electron chi connectivity index (χ4n) is 2.78. The van der Waals surface area contributed by atoms with Crippen LogP contribution in [0.5, 0.6) is 0 Å². The van der Waals surface area contributed by atoms with E-state index in [4.69, 9.17) is 11.6 Å². The predicted octanol–water partition coefficient (Wildman–Crippen LogP) is 2.51. The quantitative estimate of drug-likeness (QED) is 0.879. The van der Waals surface area contributed by atoms with Gasteiger partial charge in [0.05, 0.1) is 5.69 Å². The van der Waals surface area contributed by atoms with Gasteiger partial charge in [0.1, 0.15) is 5.82 Å². The van der Waals surface area contributed by atoms with Crippen molar-refractivity contribution in [3.05, 3.63) is 16.7 Å². The van der Waals surface area contributed by atoms with Crippen molar-refractivity contribution in [2.45, 2.75) is 44.1 Å². The molecule has 0 radical (unpaired) electrons. The Morgan fingerprint density at radius 1 is 1.44 bits per heavy atom. The van der Waals surface area contributed by atoms with Crippen LogP contribution >= 0.6 is 11.6 Å². The van der Waals surface area contributed by atoms with Crippen LogP contribution in [0.1, 0.15) is 49.2 Å². The Morgan fingerprint density at radius 3 is 2.94 bits per heavy atom. The summed E-state index contributed by atoms with van der Waals surface area (Å²) in [5.41, 5.74) is 1.27. The monoisotopic (exact) mass is 239 g/mol. The maximum atomic E-state index is 6.25. The highest BCUT2D eigenvalue weighted by Crippen LogP contribution is 2.43. The van der Waals surface area contributed by atoms with Crippen molar-refractivity contribution in [2.24, 2.45) is 0 Å². The van der Waals surface area contributed by atoms with E-state index in [1.165, 1.54) is 37.2 Å². The molecule has 0 saturated heterocycles. The van der Waals surface area contributed by atoms with Gasteiger partial charge < -0.3 is 9.88 Å². The molecule has 1 fully saturated rings. The molecule has 1 aliphatic carbocycles. The van der Waals surface area contributed by atoms with Gasteiger partial charge in [0.25, 0.3) is 0 Å². The minimum atomic E-state index is 0.560. The summed E-state index contributed by atoms with van der Waals surface area (Å²) >= 11 is 6.25. The van der Waals surface area contributed by atoms with Crippen molar-refractivity contribution in [2.75, 3.05) is 13.6 Å². The number of aromatic nitrogens is 2. The second-order valence-electron chi connectivity index (χ2n) is 4.96. The van der Waals surface area contributed by atoms with Gasteiger partial charge in [0.15, 0.2) is 5.15 Å². The number of likely N-dealkylation sites (N-methyl/N-ethyl adjacent to an activating group) is 1. The number of fused-ring (bicyclic) bond motifs is 1. The lowest BCUT2D eigenvalue weighted by Crippen LogP contribution is -2.28. The van der Waals surface area contributed by atoms with Gasteiger partial charge in [-0.2, -0.15) is 0 Å². The van der Waals surface area contributed by atoms with Gasteiger partial charge in [-0.1, -0.05) is 11.6 Å². The molecule has 16 heavy (non-hydrogen) atoms. The average molecular weight is 240 g/mol. The summed E-state index contributed by atoms with van der Waals surface area (Å²) in [7, 11) is 2.02. The Bertz CT molecular complexity index is 395. The average Bonchev–Trinajstić information content (AvgIpc) is 3.06. The molecule has 0 aromatic carbocycles. The highest BCUT2D eigenvalue weighted by molar-refractivity contribution is 6.30. The van der Waals surface area contributed by atoms with Crippen LogP contribution in [-0.4, -0.2) is 23.1 Å². The second kappa shape index (κ2) is 4.04. The van der Waals surface area contributed by atoms with Crippen molar-refractivity contribution in [1.82, 2.24) is 14.9 Å². The fourth-order valence-corrected chi connectivity index (χ4v) is 3.05. The molecule has 1 N–H and O–H groups in total. The first kappa shape index (κ1) is 10.6. The summed E-state index contributed by atoms with van der Waals surface area (Å²) in [6.45, 7) is 1.03. The van der Waals surface area contributed by atoms with Gasteiger partial charge in [-0.3, -0.25) is 0 Å². The molecule has 1 aliphatic heterocycles. The van der Waals surface area contributed by atoms with Crippen molar-refractivity contribution < 1.29 is 0 Å². The van der Waals surface area contributed by atoms with E-state index in [0.717, 1.165) is 18.1 Å². The van der Waals surface area contributed by atoms with Crippen LogP contribution in [0, 0.1) is 0 Å². The Morgan fingerprint density at radius 2 is 2.25 bits per heavy atom. The van der Waals surface area contributed by atoms with E-state index in [0.29, 0.717) is 12.0 Å². The second-order valence-corrected chi connectivity index (χ2v) is 5.31. The van der Waals surface area contributed by atoms with E-state index in [2.05, 4.69) is 14.9 Å². The molecule has 4 heteroatoms. The lowest BCUT2D eigenvalue weighted by molar-refractivity contribution is 0.379. The third-order valence-electron chi connectivity index (χ3n) is 3.69. The van der Waals surface area contributed by atoms with Gasteiger partial charge in [-0.05, 0) is 39.2 Å². The molecule has 2 aliphatic rings. The van der Waals surface area contributed by atoms with Crippen LogP contribution in [0.25, 0.3) is 0 Å². The number of nitrogens with zero attached hydrogens (tertiary/aromatic N) is 2. The SMILES string of the molecule is CNCC1CCCc2c(Cl)nc(C3CC3)n21. The zero-order chi connectivity index (χ0) is 11.1. The molecule has 1 aromatic heterocycles. The highest BCUT2D eigenvalue weighted by atomic mass is 35.5. The zero-order valence-corrected chi connectivity index (χ0v) is 10.4. The zero-order valence-electron chi connectivity index (χ0n) is 9.67. The largest absolute Gasteiger partial charge is 0.326 e. The first-order valence-electron chi connectivity index (χ1n) is 6.22. The molecule has 1 saturated carbocycles. The molecule has 88 valence electrons. The number of halogens is 1. The molecule has 1 aromatic rings. The molecular weight excluding hydrogens is 222 g/mol. The maximum absolute atomic E-state index is 6.25. The van der Waals surface area contributed by atoms with Crippen molar-refractivity contribution in [1.29, 1.82) is 0 Å². The van der Waals surface area contributed by atoms with E-state index in [-0.39, 0.29) is 0 Å². The van der Waals surface area contributed by atoms with E-state index >= 15 is 0 Å². The molecule has 3 nitrogen and oxygen atoms in total. The summed E-state index contributed by atoms with van der Waals surface area (Å²) in [5, 5.41) is 4.03. The summed E-state index contributed by atoms with van der Waals surface area (Å²) in [6, 6.07) is 0.560. The number of hydrogen-bond donors (Lipinski definition) is 1. The van der Waals surface area contributed by atoms with Crippen LogP contribution < -0.4 is 5.32 Å². The highest BCUT2D eigenvalue weighted by Gasteiger charge is 2.34. The lowest BCUT2D eigenvalue weighted by atomic mass is 10.0. The van der Waals surface area contributed by atoms with Crippen LogP contribution in [0.3, 0.4) is 0 Å². The lowest BCUT2D eigenvalue weighted by Gasteiger charge is -2.27. The van der Waals surface area contributed by atoms with E-state index in [1.54, 1.807) is 0 Å². The van der Waals surface area contributed by atoms with Crippen molar-refractivity contribution in [3.63, 3.8) is 0 Å². The predicted molar refractivity (Wildman–Crippen MR) is 65.1 cm³/mol. The number of hydrogen-bond acceptors (Lipinski definition) is 2. The molecule has 2 heterocycles. The van der Waals surface area contributed by atoms with Gasteiger partial charge in [0.2, 0.25) is 0 Å². The number of imidazole rings is 1. The van der Waals surface area contributed by atoms with Gasteiger partial charge in [-0.25, -0.2) is 4.98 Å². The maximum Gasteiger partial charge on any atom is 0.150 e. The molecular formula is C12H18ClN3. The van der Waals surface area contributed by atoms with Crippen molar-refractivity contribution in [3.8, 4) is 0 Å². The van der Waals surface area contributed by atoms with Crippen LogP contribution in [0.4, 0.5) is 0 Å². The normalized spacial score (nSPS) is 24.5. The molecule has 0 spiro atoms. The standard InChI is InChI=1S/C12H18ClN3/c1-14-7-9-3-2-4-10-11(13)15-12(16(9)10)8-5-6-8/h8-9,14H,2-7H2,1H3. The third kappa shape index (κ3) is 1.66. The van der Waals surface area contributed by atoms with Crippen LogP contribution in [0.15, 0.2) is 0 Å². The van der Waals surface area contributed by atoms with Crippen molar-refractivity contribution >= 4 is 11.6 Å². The summed E-state index contributed by atoms with van der Waals surface area (Å²) < 4.78 is 2.43. The van der Waals surface area contributed by atoms with Crippen LogP contribution in [0.2, 0.25) is 5.15 Å². The Balaban J connectivity index is 2.01.